The first-order valence-electron chi connectivity index (χ1n) is 6.31. The highest BCUT2D eigenvalue weighted by atomic mass is 32.2. The van der Waals surface area contributed by atoms with Gasteiger partial charge in [-0.3, -0.25) is 0 Å². The number of hydrogen-bond donors (Lipinski definition) is 0. The van der Waals surface area contributed by atoms with Crippen LogP contribution in [0.4, 0.5) is 0 Å². The van der Waals surface area contributed by atoms with Crippen molar-refractivity contribution >= 4 is 15.4 Å². The van der Waals surface area contributed by atoms with Crippen LogP contribution in [0.15, 0.2) is 58.8 Å². The van der Waals surface area contributed by atoms with Gasteiger partial charge in [0.2, 0.25) is 9.84 Å². The van der Waals surface area contributed by atoms with Crippen molar-refractivity contribution < 1.29 is 13.2 Å². The molecule has 0 radical (unpaired) electrons. The zero-order valence-electron chi connectivity index (χ0n) is 11.0. The molecule has 0 aromatic heterocycles. The highest BCUT2D eigenvalue weighted by molar-refractivity contribution is 7.95. The maximum absolute atomic E-state index is 12.1. The fourth-order valence-corrected chi connectivity index (χ4v) is 3.92. The van der Waals surface area contributed by atoms with E-state index in [-0.39, 0.29) is 6.61 Å². The van der Waals surface area contributed by atoms with E-state index < -0.39 is 9.84 Å². The number of aryl methyl sites for hydroxylation is 1. The van der Waals surface area contributed by atoms with E-state index in [1.807, 2.05) is 43.3 Å². The lowest BCUT2D eigenvalue weighted by Crippen LogP contribution is -2.01. The summed E-state index contributed by atoms with van der Waals surface area (Å²) in [5, 5.41) is 1.31. The summed E-state index contributed by atoms with van der Waals surface area (Å²) >= 11 is 0. The van der Waals surface area contributed by atoms with Gasteiger partial charge in [-0.05, 0) is 30.7 Å². The summed E-state index contributed by atoms with van der Waals surface area (Å²) in [5.74, 6) is 0.729. The Labute approximate surface area is 118 Å². The second-order valence-electron chi connectivity index (χ2n) is 4.74. The summed E-state index contributed by atoms with van der Waals surface area (Å²) in [6.07, 6.45) is 0. The molecule has 2 aromatic carbocycles. The van der Waals surface area contributed by atoms with Gasteiger partial charge in [0.15, 0.2) is 0 Å². The van der Waals surface area contributed by atoms with E-state index in [1.54, 1.807) is 12.1 Å². The van der Waals surface area contributed by atoms with Gasteiger partial charge in [0.1, 0.15) is 12.4 Å². The Morgan fingerprint density at radius 1 is 1.00 bits per heavy atom. The van der Waals surface area contributed by atoms with Crippen LogP contribution in [0.5, 0.6) is 5.75 Å². The largest absolute Gasteiger partial charge is 0.489 e. The maximum atomic E-state index is 12.1. The zero-order valence-corrected chi connectivity index (χ0v) is 11.9. The molecule has 0 atom stereocenters. The predicted octanol–water partition coefficient (Wildman–Crippen LogP) is 3.20. The van der Waals surface area contributed by atoms with Crippen LogP contribution >= 0.6 is 0 Å². The molecule has 3 nitrogen and oxygen atoms in total. The molecule has 3 rings (SSSR count). The predicted molar refractivity (Wildman–Crippen MR) is 78.3 cm³/mol. The minimum absolute atomic E-state index is 0.251. The second kappa shape index (κ2) is 4.80. The Hall–Kier alpha value is -2.07. The van der Waals surface area contributed by atoms with Gasteiger partial charge in [-0.25, -0.2) is 8.42 Å². The van der Waals surface area contributed by atoms with Crippen molar-refractivity contribution in [3.05, 3.63) is 65.1 Å². The number of hydrogen-bond acceptors (Lipinski definition) is 3. The first-order valence-corrected chi connectivity index (χ1v) is 7.86. The number of ether oxygens (including phenoxy) is 1. The summed E-state index contributed by atoms with van der Waals surface area (Å²) in [4.78, 5) is 0.379. The minimum Gasteiger partial charge on any atom is -0.489 e. The van der Waals surface area contributed by atoms with Crippen LogP contribution in [0.2, 0.25) is 0 Å². The average molecular weight is 286 g/mol. The standard InChI is InChI=1S/C16H14O3S/c1-12-6-5-9-15-16(12)13(11-20(15,17)18)10-19-14-7-3-2-4-8-14/h2-9,11H,10H2,1H3. The highest BCUT2D eigenvalue weighted by Gasteiger charge is 2.28. The van der Waals surface area contributed by atoms with Gasteiger partial charge in [-0.15, -0.1) is 0 Å². The van der Waals surface area contributed by atoms with Crippen LogP contribution in [-0.2, 0) is 9.84 Å². The van der Waals surface area contributed by atoms with Gasteiger partial charge < -0.3 is 4.74 Å². The van der Waals surface area contributed by atoms with Crippen LogP contribution in [0.1, 0.15) is 11.1 Å². The van der Waals surface area contributed by atoms with E-state index in [0.29, 0.717) is 10.5 Å². The smallest absolute Gasteiger partial charge is 0.200 e. The zero-order chi connectivity index (χ0) is 14.2. The van der Waals surface area contributed by atoms with E-state index in [9.17, 15) is 8.42 Å². The molecule has 0 aliphatic carbocycles. The molecule has 20 heavy (non-hydrogen) atoms. The molecule has 0 bridgehead atoms. The number of rotatable bonds is 3. The maximum Gasteiger partial charge on any atom is 0.200 e. The molecular weight excluding hydrogens is 272 g/mol. The fourth-order valence-electron chi connectivity index (χ4n) is 2.38. The van der Waals surface area contributed by atoms with Crippen LogP contribution in [-0.4, -0.2) is 15.0 Å². The van der Waals surface area contributed by atoms with Gasteiger partial charge in [-0.1, -0.05) is 30.3 Å². The fraction of sp³-hybridized carbons (Fsp3) is 0.125. The van der Waals surface area contributed by atoms with Crippen LogP contribution in [0.25, 0.3) is 5.57 Å². The van der Waals surface area contributed by atoms with E-state index in [2.05, 4.69) is 0 Å². The lowest BCUT2D eigenvalue weighted by molar-refractivity contribution is 0.370. The van der Waals surface area contributed by atoms with Gasteiger partial charge >= 0.3 is 0 Å². The van der Waals surface area contributed by atoms with Gasteiger partial charge in [0, 0.05) is 16.5 Å². The van der Waals surface area contributed by atoms with Gasteiger partial charge in [-0.2, -0.15) is 0 Å². The van der Waals surface area contributed by atoms with Crippen molar-refractivity contribution in [3.63, 3.8) is 0 Å². The lowest BCUT2D eigenvalue weighted by Gasteiger charge is -2.09. The molecule has 1 aliphatic heterocycles. The van der Waals surface area contributed by atoms with Gasteiger partial charge in [0.05, 0.1) is 4.90 Å². The van der Waals surface area contributed by atoms with E-state index in [1.165, 1.54) is 5.41 Å². The molecule has 0 unspecified atom stereocenters. The van der Waals surface area contributed by atoms with Crippen molar-refractivity contribution in [1.82, 2.24) is 0 Å². The summed E-state index contributed by atoms with van der Waals surface area (Å²) in [7, 11) is -3.32. The summed E-state index contributed by atoms with van der Waals surface area (Å²) in [6.45, 7) is 2.16. The Kier molecular flexibility index (Phi) is 3.10. The number of benzene rings is 2. The quantitative estimate of drug-likeness (QED) is 0.870. The molecule has 0 fully saturated rings. The minimum atomic E-state index is -3.32. The van der Waals surface area contributed by atoms with Crippen molar-refractivity contribution in [2.45, 2.75) is 11.8 Å². The molecule has 0 amide bonds. The SMILES string of the molecule is Cc1cccc2c1C(COc1ccccc1)=CS2(=O)=O. The van der Waals surface area contributed by atoms with Gasteiger partial charge in [0.25, 0.3) is 0 Å². The van der Waals surface area contributed by atoms with Crippen molar-refractivity contribution in [2.24, 2.45) is 0 Å². The molecule has 1 heterocycles. The number of sulfone groups is 1. The number of para-hydroxylation sites is 1. The molecule has 4 heteroatoms. The van der Waals surface area contributed by atoms with E-state index >= 15 is 0 Å². The third-order valence-corrected chi connectivity index (χ3v) is 4.85. The normalized spacial score (nSPS) is 15.6. The third-order valence-electron chi connectivity index (χ3n) is 3.30. The topological polar surface area (TPSA) is 43.4 Å². The van der Waals surface area contributed by atoms with Crippen molar-refractivity contribution in [3.8, 4) is 5.75 Å². The van der Waals surface area contributed by atoms with Crippen LogP contribution in [0.3, 0.4) is 0 Å². The second-order valence-corrected chi connectivity index (χ2v) is 6.50. The first-order chi connectivity index (χ1) is 9.58. The Morgan fingerprint density at radius 3 is 2.50 bits per heavy atom. The molecule has 0 spiro atoms. The number of fused-ring (bicyclic) bond motifs is 1. The monoisotopic (exact) mass is 286 g/mol. The summed E-state index contributed by atoms with van der Waals surface area (Å²) < 4.78 is 29.9. The molecular formula is C16H14O3S. The Morgan fingerprint density at radius 2 is 1.75 bits per heavy atom. The van der Waals surface area contributed by atoms with E-state index in [4.69, 9.17) is 4.74 Å². The molecule has 1 aliphatic rings. The Balaban J connectivity index is 1.93. The Bertz CT molecular complexity index is 775. The average Bonchev–Trinajstić information content (AvgIpc) is 2.71. The van der Waals surface area contributed by atoms with Crippen molar-refractivity contribution in [1.29, 1.82) is 0 Å². The molecule has 0 N–H and O–H groups in total. The summed E-state index contributed by atoms with van der Waals surface area (Å²) in [6, 6.07) is 14.7. The van der Waals surface area contributed by atoms with Crippen molar-refractivity contribution in [2.75, 3.05) is 6.61 Å². The summed E-state index contributed by atoms with van der Waals surface area (Å²) in [5.41, 5.74) is 2.44. The first kappa shape index (κ1) is 12.9. The van der Waals surface area contributed by atoms with Crippen LogP contribution in [0, 0.1) is 6.92 Å². The molecule has 2 aromatic rings. The molecule has 0 saturated carbocycles. The lowest BCUT2D eigenvalue weighted by atomic mass is 10.0. The van der Waals surface area contributed by atoms with Crippen LogP contribution < -0.4 is 4.74 Å². The molecule has 102 valence electrons. The van der Waals surface area contributed by atoms with E-state index in [0.717, 1.165) is 16.9 Å². The third kappa shape index (κ3) is 2.23. The molecule has 0 saturated heterocycles. The highest BCUT2D eigenvalue weighted by Crippen LogP contribution is 2.35.